The van der Waals surface area contributed by atoms with E-state index >= 15 is 0 Å². The highest BCUT2D eigenvalue weighted by molar-refractivity contribution is 5.77. The maximum atomic E-state index is 11.1. The Hall–Kier alpha value is -4.14. The van der Waals surface area contributed by atoms with Gasteiger partial charge < -0.3 is 24.9 Å². The van der Waals surface area contributed by atoms with Crippen LogP contribution in [0, 0.1) is 5.92 Å². The Kier molecular flexibility index (Phi) is 5.52. The van der Waals surface area contributed by atoms with Gasteiger partial charge in [0.25, 0.3) is 0 Å². The smallest absolute Gasteiger partial charge is 0.312 e. The number of nitrogens with one attached hydrogen (secondary N) is 1. The van der Waals surface area contributed by atoms with Gasteiger partial charge in [0.1, 0.15) is 22.7 Å². The molecule has 1 aliphatic rings. The first-order chi connectivity index (χ1) is 16.0. The fourth-order valence-corrected chi connectivity index (χ4v) is 3.35. The molecule has 0 spiro atoms. The minimum atomic E-state index is -0.587. The Morgan fingerprint density at radius 1 is 1.15 bits per heavy atom. The van der Waals surface area contributed by atoms with Crippen LogP contribution < -0.4 is 20.5 Å². The molecule has 1 fully saturated rings. The largest absolute Gasteiger partial charge is 0.493 e. The Morgan fingerprint density at radius 2 is 2.00 bits per heavy atom. The molecule has 1 atom stereocenters. The van der Waals surface area contributed by atoms with Gasteiger partial charge in [-0.05, 0) is 61.6 Å². The number of carbonyl (C=O) groups excluding carboxylic acids is 1. The van der Waals surface area contributed by atoms with Crippen molar-refractivity contribution in [1.82, 2.24) is 20.5 Å². The summed E-state index contributed by atoms with van der Waals surface area (Å²) in [5.41, 5.74) is 7.77. The van der Waals surface area contributed by atoms with E-state index in [9.17, 15) is 4.79 Å². The van der Waals surface area contributed by atoms with E-state index < -0.39 is 6.03 Å². The van der Waals surface area contributed by atoms with Crippen molar-refractivity contribution >= 4 is 17.1 Å². The molecule has 9 heteroatoms. The molecular weight excluding hydrogens is 422 g/mol. The van der Waals surface area contributed by atoms with Crippen molar-refractivity contribution in [3.05, 3.63) is 60.2 Å². The Morgan fingerprint density at radius 3 is 2.76 bits per heavy atom. The van der Waals surface area contributed by atoms with E-state index in [2.05, 4.69) is 20.5 Å². The first-order valence-corrected chi connectivity index (χ1v) is 10.7. The minimum Gasteiger partial charge on any atom is -0.493 e. The van der Waals surface area contributed by atoms with E-state index in [1.807, 2.05) is 49.4 Å². The van der Waals surface area contributed by atoms with Gasteiger partial charge in [0.05, 0.1) is 12.6 Å². The first-order valence-electron chi connectivity index (χ1n) is 10.7. The molecule has 2 heterocycles. The number of carbonyl (C=O) groups is 1. The predicted octanol–water partition coefficient (Wildman–Crippen LogP) is 4.60. The summed E-state index contributed by atoms with van der Waals surface area (Å²) in [6.07, 6.45) is 2.48. The third-order valence-corrected chi connectivity index (χ3v) is 5.34. The van der Waals surface area contributed by atoms with Crippen LogP contribution in [0.25, 0.3) is 22.7 Å². The van der Waals surface area contributed by atoms with Crippen LogP contribution in [0.1, 0.15) is 31.4 Å². The number of hydrogen-bond donors (Lipinski definition) is 2. The van der Waals surface area contributed by atoms with Crippen LogP contribution in [0.3, 0.4) is 0 Å². The summed E-state index contributed by atoms with van der Waals surface area (Å²) in [5, 5.41) is 11.0. The van der Waals surface area contributed by atoms with E-state index in [1.54, 1.807) is 12.1 Å². The van der Waals surface area contributed by atoms with Gasteiger partial charge in [-0.15, -0.1) is 10.2 Å². The lowest BCUT2D eigenvalue weighted by Gasteiger charge is -2.11. The van der Waals surface area contributed by atoms with Crippen molar-refractivity contribution in [2.75, 3.05) is 6.61 Å². The zero-order valence-electron chi connectivity index (χ0n) is 18.0. The molecule has 0 radical (unpaired) electrons. The van der Waals surface area contributed by atoms with Crippen molar-refractivity contribution in [2.45, 2.75) is 25.8 Å². The maximum absolute atomic E-state index is 11.1. The second-order valence-electron chi connectivity index (χ2n) is 8.06. The number of nitrogens with zero attached hydrogens (tertiary/aromatic N) is 3. The summed E-state index contributed by atoms with van der Waals surface area (Å²) >= 11 is 0. The molecule has 9 nitrogen and oxygen atoms in total. The monoisotopic (exact) mass is 445 g/mol. The lowest BCUT2D eigenvalue weighted by molar-refractivity contribution is 0.246. The number of benzene rings is 2. The summed E-state index contributed by atoms with van der Waals surface area (Å²) in [4.78, 5) is 15.6. The van der Waals surface area contributed by atoms with E-state index in [-0.39, 0.29) is 6.04 Å². The SMILES string of the molecule is CC(NC(N)=O)c1ccc2nc(-c3ccc(Oc4cccc(OCC5CC5)c4)nn3)oc2c1. The van der Waals surface area contributed by atoms with Gasteiger partial charge in [0.15, 0.2) is 5.58 Å². The summed E-state index contributed by atoms with van der Waals surface area (Å²) < 4.78 is 17.5. The maximum Gasteiger partial charge on any atom is 0.312 e. The topological polar surface area (TPSA) is 125 Å². The van der Waals surface area contributed by atoms with Gasteiger partial charge in [-0.2, -0.15) is 0 Å². The molecule has 0 bridgehead atoms. The minimum absolute atomic E-state index is 0.255. The van der Waals surface area contributed by atoms with Crippen molar-refractivity contribution < 1.29 is 18.7 Å². The Balaban J connectivity index is 1.29. The zero-order chi connectivity index (χ0) is 22.8. The summed E-state index contributed by atoms with van der Waals surface area (Å²) in [6.45, 7) is 2.58. The van der Waals surface area contributed by atoms with Crippen LogP contribution in [-0.2, 0) is 0 Å². The van der Waals surface area contributed by atoms with Gasteiger partial charge in [-0.3, -0.25) is 0 Å². The third-order valence-electron chi connectivity index (χ3n) is 5.34. The molecule has 2 aromatic heterocycles. The van der Waals surface area contributed by atoms with Crippen molar-refractivity contribution in [3.63, 3.8) is 0 Å². The lowest BCUT2D eigenvalue weighted by atomic mass is 10.1. The second-order valence-corrected chi connectivity index (χ2v) is 8.06. The standard InChI is InChI=1S/C24H23N5O4/c1-14(26-24(25)30)16-7-8-19-21(11-16)33-23(27-19)20-9-10-22(29-28-20)32-18-4-2-3-17(12-18)31-13-15-5-6-15/h2-4,7-12,14-15H,5-6,13H2,1H3,(H3,25,26,30). The number of urea groups is 1. The molecular formula is C24H23N5O4. The molecule has 1 aliphatic carbocycles. The highest BCUT2D eigenvalue weighted by Crippen LogP contribution is 2.31. The molecule has 4 aromatic rings. The van der Waals surface area contributed by atoms with Crippen LogP contribution in [0.4, 0.5) is 4.79 Å². The van der Waals surface area contributed by atoms with Gasteiger partial charge in [0, 0.05) is 12.1 Å². The van der Waals surface area contributed by atoms with Crippen molar-refractivity contribution in [3.8, 4) is 29.0 Å². The highest BCUT2D eigenvalue weighted by atomic mass is 16.5. The van der Waals surface area contributed by atoms with Crippen LogP contribution in [-0.4, -0.2) is 27.8 Å². The molecule has 2 amide bonds. The number of rotatable bonds is 8. The summed E-state index contributed by atoms with van der Waals surface area (Å²) in [6, 6.07) is 15.6. The Bertz CT molecular complexity index is 1280. The van der Waals surface area contributed by atoms with Crippen LogP contribution >= 0.6 is 0 Å². The van der Waals surface area contributed by atoms with Gasteiger partial charge in [-0.1, -0.05) is 12.1 Å². The number of primary amides is 1. The molecule has 1 saturated carbocycles. The summed E-state index contributed by atoms with van der Waals surface area (Å²) in [5.74, 6) is 2.77. The predicted molar refractivity (Wildman–Crippen MR) is 121 cm³/mol. The molecule has 3 N–H and O–H groups in total. The average molecular weight is 445 g/mol. The summed E-state index contributed by atoms with van der Waals surface area (Å²) in [7, 11) is 0. The number of oxazole rings is 1. The highest BCUT2D eigenvalue weighted by Gasteiger charge is 2.22. The molecule has 168 valence electrons. The number of nitrogens with two attached hydrogens (primary N) is 1. The zero-order valence-corrected chi connectivity index (χ0v) is 18.0. The number of ether oxygens (including phenoxy) is 2. The second kappa shape index (κ2) is 8.78. The number of aromatic nitrogens is 3. The van der Waals surface area contributed by atoms with E-state index in [0.717, 1.165) is 17.9 Å². The average Bonchev–Trinajstić information content (AvgIpc) is 3.54. The van der Waals surface area contributed by atoms with Crippen LogP contribution in [0.2, 0.25) is 0 Å². The fraction of sp³-hybridized carbons (Fsp3) is 0.250. The molecule has 33 heavy (non-hydrogen) atoms. The fourth-order valence-electron chi connectivity index (χ4n) is 3.35. The number of amides is 2. The number of fused-ring (bicyclic) bond motifs is 1. The van der Waals surface area contributed by atoms with Crippen LogP contribution in [0.5, 0.6) is 17.4 Å². The van der Waals surface area contributed by atoms with E-state index in [0.29, 0.717) is 40.2 Å². The van der Waals surface area contributed by atoms with E-state index in [1.165, 1.54) is 12.8 Å². The molecule has 5 rings (SSSR count). The normalized spacial score (nSPS) is 14.1. The number of hydrogen-bond acceptors (Lipinski definition) is 7. The van der Waals surface area contributed by atoms with Gasteiger partial charge >= 0.3 is 6.03 Å². The Labute approximate surface area is 189 Å². The molecule has 0 saturated heterocycles. The third kappa shape index (κ3) is 5.03. The van der Waals surface area contributed by atoms with Crippen LogP contribution in [0.15, 0.2) is 59.0 Å². The van der Waals surface area contributed by atoms with Gasteiger partial charge in [0.2, 0.25) is 11.8 Å². The van der Waals surface area contributed by atoms with Gasteiger partial charge in [-0.25, -0.2) is 9.78 Å². The van der Waals surface area contributed by atoms with E-state index in [4.69, 9.17) is 19.6 Å². The lowest BCUT2D eigenvalue weighted by Crippen LogP contribution is -2.31. The molecule has 0 aliphatic heterocycles. The quantitative estimate of drug-likeness (QED) is 0.406. The van der Waals surface area contributed by atoms with Crippen molar-refractivity contribution in [1.29, 1.82) is 0 Å². The van der Waals surface area contributed by atoms with Crippen molar-refractivity contribution in [2.24, 2.45) is 11.7 Å². The molecule has 2 aromatic carbocycles. The molecule has 1 unspecified atom stereocenters. The first kappa shape index (κ1) is 20.7.